The number of aromatic amines is 1. The van der Waals surface area contributed by atoms with Gasteiger partial charge in [0, 0.05) is 31.4 Å². The van der Waals surface area contributed by atoms with Crippen LogP contribution in [-0.4, -0.2) is 40.4 Å². The molecule has 0 radical (unpaired) electrons. The van der Waals surface area contributed by atoms with Crippen molar-refractivity contribution in [2.45, 2.75) is 32.6 Å². The highest BCUT2D eigenvalue weighted by Gasteiger charge is 2.22. The van der Waals surface area contributed by atoms with Crippen LogP contribution in [0.3, 0.4) is 0 Å². The Labute approximate surface area is 145 Å². The van der Waals surface area contributed by atoms with Gasteiger partial charge in [0.05, 0.1) is 12.2 Å². The van der Waals surface area contributed by atoms with Crippen molar-refractivity contribution in [3.63, 3.8) is 0 Å². The molecule has 2 heterocycles. The Morgan fingerprint density at radius 2 is 2.08 bits per heavy atom. The Bertz CT molecular complexity index is 754. The van der Waals surface area contributed by atoms with E-state index in [9.17, 15) is 4.79 Å². The van der Waals surface area contributed by atoms with Crippen LogP contribution in [0.1, 0.15) is 19.4 Å². The lowest BCUT2D eigenvalue weighted by atomic mass is 10.1. The summed E-state index contributed by atoms with van der Waals surface area (Å²) in [5.74, 6) is 0. The maximum Gasteiger partial charge on any atom is 0.287 e. The molecule has 2 N–H and O–H groups in total. The van der Waals surface area contributed by atoms with E-state index in [1.807, 2.05) is 18.2 Å². The first-order valence-corrected chi connectivity index (χ1v) is 8.36. The number of rotatable bonds is 4. The average molecular weight is 349 g/mol. The molecule has 1 aromatic carbocycles. The number of benzene rings is 1. The zero-order valence-electron chi connectivity index (χ0n) is 13.8. The first-order valence-electron chi connectivity index (χ1n) is 7.98. The molecule has 2 unspecified atom stereocenters. The van der Waals surface area contributed by atoms with E-state index in [4.69, 9.17) is 16.3 Å². The molecule has 6 nitrogen and oxygen atoms in total. The van der Waals surface area contributed by atoms with Gasteiger partial charge in [0.25, 0.3) is 5.56 Å². The fourth-order valence-corrected chi connectivity index (χ4v) is 3.20. The second-order valence-electron chi connectivity index (χ2n) is 6.21. The number of nitrogens with one attached hydrogen (secondary N) is 2. The molecule has 0 bridgehead atoms. The molecule has 1 saturated heterocycles. The third kappa shape index (κ3) is 4.35. The molecular weight excluding hydrogens is 328 g/mol. The standard InChI is InChI=1S/C17H21ClN4O2/c1-11-8-22(9-12(2)24-11)10-13-4-3-5-14(6-13)19-15-7-16(18)20-21-17(15)23/h3-7,11-12H,8-10H2,1-2H3,(H,19,20)(H,21,23). The number of aromatic nitrogens is 2. The SMILES string of the molecule is CC1CN(Cc2cccc(Nc3cc(Cl)n[nH]c3=O)c2)CC(C)O1. The third-order valence-electron chi connectivity index (χ3n) is 3.88. The molecule has 128 valence electrons. The first kappa shape index (κ1) is 17.0. The van der Waals surface area contributed by atoms with Crippen molar-refractivity contribution in [3.05, 3.63) is 51.4 Å². The number of nitrogens with zero attached hydrogens (tertiary/aromatic N) is 2. The average Bonchev–Trinajstić information content (AvgIpc) is 2.50. The maximum absolute atomic E-state index is 11.8. The Balaban J connectivity index is 1.72. The topological polar surface area (TPSA) is 70.2 Å². The lowest BCUT2D eigenvalue weighted by Gasteiger charge is -2.35. The first-order chi connectivity index (χ1) is 11.5. The van der Waals surface area contributed by atoms with Crippen LogP contribution < -0.4 is 10.9 Å². The van der Waals surface area contributed by atoms with Crippen LogP contribution in [0.2, 0.25) is 5.15 Å². The molecule has 0 amide bonds. The van der Waals surface area contributed by atoms with Crippen molar-refractivity contribution in [2.24, 2.45) is 0 Å². The molecule has 24 heavy (non-hydrogen) atoms. The number of hydrogen-bond acceptors (Lipinski definition) is 5. The van der Waals surface area contributed by atoms with Crippen LogP contribution in [0, 0.1) is 0 Å². The Morgan fingerprint density at radius 1 is 1.33 bits per heavy atom. The van der Waals surface area contributed by atoms with E-state index in [0.29, 0.717) is 5.69 Å². The van der Waals surface area contributed by atoms with Gasteiger partial charge >= 0.3 is 0 Å². The molecule has 1 aliphatic heterocycles. The predicted octanol–water partition coefficient (Wildman–Crippen LogP) is 2.78. The molecule has 3 rings (SSSR count). The fourth-order valence-electron chi connectivity index (χ4n) is 3.05. The quantitative estimate of drug-likeness (QED) is 0.889. The minimum atomic E-state index is -0.305. The van der Waals surface area contributed by atoms with Crippen molar-refractivity contribution in [1.29, 1.82) is 0 Å². The Hall–Kier alpha value is -1.89. The van der Waals surface area contributed by atoms with Gasteiger partial charge in [-0.25, -0.2) is 5.10 Å². The summed E-state index contributed by atoms with van der Waals surface area (Å²) in [6, 6.07) is 9.53. The van der Waals surface area contributed by atoms with Gasteiger partial charge in [0.15, 0.2) is 5.15 Å². The number of ether oxygens (including phenoxy) is 1. The van der Waals surface area contributed by atoms with Crippen LogP contribution in [0.4, 0.5) is 11.4 Å². The predicted molar refractivity (Wildman–Crippen MR) is 94.9 cm³/mol. The van der Waals surface area contributed by atoms with E-state index in [1.54, 1.807) is 0 Å². The molecular formula is C17H21ClN4O2. The summed E-state index contributed by atoms with van der Waals surface area (Å²) < 4.78 is 5.77. The number of H-pyrrole nitrogens is 1. The minimum absolute atomic E-state index is 0.240. The number of halogens is 1. The Kier molecular flexibility index (Phi) is 5.18. The number of morpholine rings is 1. The van der Waals surface area contributed by atoms with Crippen LogP contribution in [-0.2, 0) is 11.3 Å². The Morgan fingerprint density at radius 3 is 2.83 bits per heavy atom. The van der Waals surface area contributed by atoms with E-state index >= 15 is 0 Å². The van der Waals surface area contributed by atoms with Crippen molar-refractivity contribution >= 4 is 23.0 Å². The zero-order chi connectivity index (χ0) is 17.1. The van der Waals surface area contributed by atoms with E-state index < -0.39 is 0 Å². The zero-order valence-corrected chi connectivity index (χ0v) is 14.5. The van der Waals surface area contributed by atoms with Gasteiger partial charge in [-0.1, -0.05) is 23.7 Å². The normalized spacial score (nSPS) is 21.6. The van der Waals surface area contributed by atoms with Gasteiger partial charge in [0.1, 0.15) is 5.69 Å². The summed E-state index contributed by atoms with van der Waals surface area (Å²) in [7, 11) is 0. The summed E-state index contributed by atoms with van der Waals surface area (Å²) in [4.78, 5) is 14.2. The molecule has 1 aromatic heterocycles. The van der Waals surface area contributed by atoms with Gasteiger partial charge < -0.3 is 10.1 Å². The van der Waals surface area contributed by atoms with Crippen molar-refractivity contribution in [3.8, 4) is 0 Å². The molecule has 0 saturated carbocycles. The molecule has 7 heteroatoms. The second-order valence-corrected chi connectivity index (χ2v) is 6.60. The van der Waals surface area contributed by atoms with Gasteiger partial charge in [-0.15, -0.1) is 0 Å². The van der Waals surface area contributed by atoms with E-state index in [0.717, 1.165) is 25.3 Å². The molecule has 0 spiro atoms. The lowest BCUT2D eigenvalue weighted by Crippen LogP contribution is -2.44. The lowest BCUT2D eigenvalue weighted by molar-refractivity contribution is -0.0704. The van der Waals surface area contributed by atoms with E-state index in [-0.39, 0.29) is 22.9 Å². The number of anilines is 2. The molecule has 2 atom stereocenters. The smallest absolute Gasteiger partial charge is 0.287 e. The van der Waals surface area contributed by atoms with Gasteiger partial charge in [0.2, 0.25) is 0 Å². The van der Waals surface area contributed by atoms with Gasteiger partial charge in [-0.3, -0.25) is 9.69 Å². The monoisotopic (exact) mass is 348 g/mol. The summed E-state index contributed by atoms with van der Waals surface area (Å²) in [6.07, 6.45) is 0.486. The highest BCUT2D eigenvalue weighted by molar-refractivity contribution is 6.29. The van der Waals surface area contributed by atoms with Crippen molar-refractivity contribution in [1.82, 2.24) is 15.1 Å². The molecule has 2 aromatic rings. The van der Waals surface area contributed by atoms with Crippen LogP contribution in [0.25, 0.3) is 0 Å². The molecule has 0 aliphatic carbocycles. The van der Waals surface area contributed by atoms with E-state index in [2.05, 4.69) is 40.3 Å². The molecule has 1 aliphatic rings. The van der Waals surface area contributed by atoms with Crippen molar-refractivity contribution in [2.75, 3.05) is 18.4 Å². The minimum Gasteiger partial charge on any atom is -0.373 e. The van der Waals surface area contributed by atoms with E-state index in [1.165, 1.54) is 11.6 Å². The van der Waals surface area contributed by atoms with Crippen LogP contribution in [0.5, 0.6) is 0 Å². The molecule has 1 fully saturated rings. The summed E-state index contributed by atoms with van der Waals surface area (Å²) >= 11 is 5.83. The fraction of sp³-hybridized carbons (Fsp3) is 0.412. The van der Waals surface area contributed by atoms with Crippen LogP contribution in [0.15, 0.2) is 35.1 Å². The maximum atomic E-state index is 11.8. The summed E-state index contributed by atoms with van der Waals surface area (Å²) in [5, 5.41) is 9.35. The van der Waals surface area contributed by atoms with Crippen molar-refractivity contribution < 1.29 is 4.74 Å². The number of hydrogen-bond donors (Lipinski definition) is 2. The summed E-state index contributed by atoms with van der Waals surface area (Å²) in [6.45, 7) is 6.88. The van der Waals surface area contributed by atoms with Gasteiger partial charge in [-0.05, 0) is 31.5 Å². The summed E-state index contributed by atoms with van der Waals surface area (Å²) in [5.41, 5.74) is 2.09. The van der Waals surface area contributed by atoms with Crippen LogP contribution >= 0.6 is 11.6 Å². The second kappa shape index (κ2) is 7.34. The highest BCUT2D eigenvalue weighted by Crippen LogP contribution is 2.19. The largest absolute Gasteiger partial charge is 0.373 e. The highest BCUT2D eigenvalue weighted by atomic mass is 35.5. The van der Waals surface area contributed by atoms with Gasteiger partial charge in [-0.2, -0.15) is 5.10 Å². The third-order valence-corrected chi connectivity index (χ3v) is 4.07.